The molecule has 0 aliphatic heterocycles. The third kappa shape index (κ3) is 3.57. The normalized spacial score (nSPS) is 12.5. The number of nitrogens with two attached hydrogens (primary N) is 1. The number of hydrogen-bond acceptors (Lipinski definition) is 3. The summed E-state index contributed by atoms with van der Waals surface area (Å²) in [4.78, 5) is 0. The topological polar surface area (TPSA) is 53.1 Å². The predicted molar refractivity (Wildman–Crippen MR) is 86.2 cm³/mol. The summed E-state index contributed by atoms with van der Waals surface area (Å²) in [6.07, 6.45) is 1.69. The molecular weight excluding hydrogens is 286 g/mol. The molecule has 1 heterocycles. The summed E-state index contributed by atoms with van der Waals surface area (Å²) in [5.74, 6) is 1.50. The van der Waals surface area contributed by atoms with E-state index in [1.165, 1.54) is 0 Å². The van der Waals surface area contributed by atoms with Crippen LogP contribution >= 0.6 is 11.6 Å². The van der Waals surface area contributed by atoms with Gasteiger partial charge in [-0.3, -0.25) is 0 Å². The van der Waals surface area contributed by atoms with Crippen LogP contribution in [0.25, 0.3) is 0 Å². The Balaban J connectivity index is 2.32. The lowest BCUT2D eigenvalue weighted by atomic mass is 10.1. The van der Waals surface area contributed by atoms with Crippen LogP contribution in [-0.4, -0.2) is 15.8 Å². The van der Waals surface area contributed by atoms with Crippen LogP contribution < -0.4 is 10.5 Å². The highest BCUT2D eigenvalue weighted by molar-refractivity contribution is 6.31. The minimum Gasteiger partial charge on any atom is -0.439 e. The minimum atomic E-state index is 0.113. The van der Waals surface area contributed by atoms with Crippen LogP contribution in [-0.2, 0) is 13.5 Å². The molecule has 5 heteroatoms. The van der Waals surface area contributed by atoms with E-state index in [4.69, 9.17) is 22.1 Å². The quantitative estimate of drug-likeness (QED) is 0.915. The first-order chi connectivity index (χ1) is 9.92. The maximum Gasteiger partial charge on any atom is 0.221 e. The number of ether oxygens (including phenoxy) is 1. The summed E-state index contributed by atoms with van der Waals surface area (Å²) < 4.78 is 7.79. The van der Waals surface area contributed by atoms with Gasteiger partial charge in [0.1, 0.15) is 5.75 Å². The average molecular weight is 308 g/mol. The minimum absolute atomic E-state index is 0.113. The highest BCUT2D eigenvalue weighted by Crippen LogP contribution is 2.30. The van der Waals surface area contributed by atoms with Crippen LogP contribution in [0, 0.1) is 13.8 Å². The summed E-state index contributed by atoms with van der Waals surface area (Å²) in [7, 11) is 1.88. The van der Waals surface area contributed by atoms with Gasteiger partial charge >= 0.3 is 0 Å². The molecule has 114 valence electrons. The predicted octanol–water partition coefficient (Wildman–Crippen LogP) is 3.76. The van der Waals surface area contributed by atoms with E-state index in [2.05, 4.69) is 12.0 Å². The molecule has 0 radical (unpaired) electrons. The van der Waals surface area contributed by atoms with Gasteiger partial charge in [-0.2, -0.15) is 5.10 Å². The summed E-state index contributed by atoms with van der Waals surface area (Å²) >= 11 is 6.05. The molecule has 2 N–H and O–H groups in total. The second-order valence-electron chi connectivity index (χ2n) is 5.38. The molecule has 0 bridgehead atoms. The first-order valence-corrected chi connectivity index (χ1v) is 7.52. The van der Waals surface area contributed by atoms with Crippen molar-refractivity contribution in [2.75, 3.05) is 0 Å². The molecule has 1 aromatic heterocycles. The third-order valence-electron chi connectivity index (χ3n) is 3.62. The van der Waals surface area contributed by atoms with Crippen LogP contribution in [0.2, 0.25) is 5.02 Å². The van der Waals surface area contributed by atoms with E-state index in [9.17, 15) is 0 Å². The van der Waals surface area contributed by atoms with E-state index in [-0.39, 0.29) is 6.04 Å². The van der Waals surface area contributed by atoms with Gasteiger partial charge in [0.05, 0.1) is 5.69 Å². The number of nitrogens with zero attached hydrogens (tertiary/aromatic N) is 2. The van der Waals surface area contributed by atoms with Gasteiger partial charge in [-0.1, -0.05) is 18.5 Å². The Labute approximate surface area is 130 Å². The van der Waals surface area contributed by atoms with Crippen molar-refractivity contribution in [1.29, 1.82) is 0 Å². The zero-order valence-corrected chi connectivity index (χ0v) is 13.7. The lowest BCUT2D eigenvalue weighted by Crippen LogP contribution is -2.21. The van der Waals surface area contributed by atoms with Gasteiger partial charge in [-0.15, -0.1) is 0 Å². The molecule has 4 nitrogen and oxygen atoms in total. The Bertz CT molecular complexity index is 637. The Morgan fingerprint density at radius 2 is 2.10 bits per heavy atom. The van der Waals surface area contributed by atoms with Crippen LogP contribution in [0.3, 0.4) is 0 Å². The lowest BCUT2D eigenvalue weighted by molar-refractivity contribution is 0.423. The van der Waals surface area contributed by atoms with Crippen molar-refractivity contribution in [2.45, 2.75) is 39.7 Å². The van der Waals surface area contributed by atoms with Crippen molar-refractivity contribution < 1.29 is 4.74 Å². The molecule has 0 amide bonds. The molecule has 21 heavy (non-hydrogen) atoms. The fraction of sp³-hybridized carbons (Fsp3) is 0.438. The highest BCUT2D eigenvalue weighted by Gasteiger charge is 2.17. The van der Waals surface area contributed by atoms with Gasteiger partial charge in [0.25, 0.3) is 0 Å². The van der Waals surface area contributed by atoms with Crippen LogP contribution in [0.4, 0.5) is 0 Å². The number of hydrogen-bond donors (Lipinski definition) is 1. The highest BCUT2D eigenvalue weighted by atomic mass is 35.5. The van der Waals surface area contributed by atoms with E-state index in [1.54, 1.807) is 4.68 Å². The molecular formula is C16H22ClN3O. The average Bonchev–Trinajstić information content (AvgIpc) is 2.69. The van der Waals surface area contributed by atoms with E-state index in [0.29, 0.717) is 0 Å². The van der Waals surface area contributed by atoms with Crippen LogP contribution in [0.15, 0.2) is 18.2 Å². The molecule has 0 fully saturated rings. The zero-order valence-electron chi connectivity index (χ0n) is 13.0. The summed E-state index contributed by atoms with van der Waals surface area (Å²) in [5, 5.41) is 5.18. The molecule has 0 saturated heterocycles. The zero-order chi connectivity index (χ0) is 15.6. The van der Waals surface area contributed by atoms with Crippen LogP contribution in [0.5, 0.6) is 11.6 Å². The van der Waals surface area contributed by atoms with Crippen molar-refractivity contribution in [3.63, 3.8) is 0 Å². The molecule has 1 unspecified atom stereocenters. The first kappa shape index (κ1) is 15.9. The monoisotopic (exact) mass is 307 g/mol. The van der Waals surface area contributed by atoms with Crippen molar-refractivity contribution in [1.82, 2.24) is 9.78 Å². The van der Waals surface area contributed by atoms with Crippen molar-refractivity contribution in [2.24, 2.45) is 12.8 Å². The van der Waals surface area contributed by atoms with Gasteiger partial charge in [0.2, 0.25) is 5.88 Å². The third-order valence-corrected chi connectivity index (χ3v) is 4.05. The molecule has 1 atom stereocenters. The second kappa shape index (κ2) is 6.50. The number of aromatic nitrogens is 2. The molecule has 0 saturated carbocycles. The summed E-state index contributed by atoms with van der Waals surface area (Å²) in [5.41, 5.74) is 9.09. The first-order valence-electron chi connectivity index (χ1n) is 7.14. The Kier molecular flexibility index (Phi) is 4.91. The van der Waals surface area contributed by atoms with E-state index >= 15 is 0 Å². The Morgan fingerprint density at radius 3 is 2.71 bits per heavy atom. The molecule has 0 spiro atoms. The summed E-state index contributed by atoms with van der Waals surface area (Å²) in [6, 6.07) is 5.74. The van der Waals surface area contributed by atoms with Gasteiger partial charge in [-0.05, 0) is 50.5 Å². The van der Waals surface area contributed by atoms with Crippen molar-refractivity contribution in [3.05, 3.63) is 40.0 Å². The number of rotatable bonds is 5. The van der Waals surface area contributed by atoms with E-state index in [0.717, 1.165) is 46.3 Å². The second-order valence-corrected chi connectivity index (χ2v) is 5.79. The van der Waals surface area contributed by atoms with Gasteiger partial charge in [0, 0.05) is 23.7 Å². The van der Waals surface area contributed by atoms with E-state index in [1.807, 2.05) is 39.1 Å². The standard InChI is InChI=1S/C16H22ClN3O/c1-5-12(18)9-14-11(3)19-20(4)16(14)21-13-6-7-15(17)10(2)8-13/h6-8,12H,5,9,18H2,1-4H3. The number of aryl methyl sites for hydroxylation is 3. The molecule has 0 aliphatic carbocycles. The fourth-order valence-corrected chi connectivity index (χ4v) is 2.36. The molecule has 2 aromatic rings. The van der Waals surface area contributed by atoms with Gasteiger partial charge in [0.15, 0.2) is 0 Å². The summed E-state index contributed by atoms with van der Waals surface area (Å²) in [6.45, 7) is 6.02. The Morgan fingerprint density at radius 1 is 1.38 bits per heavy atom. The van der Waals surface area contributed by atoms with Crippen molar-refractivity contribution in [3.8, 4) is 11.6 Å². The van der Waals surface area contributed by atoms with Crippen molar-refractivity contribution >= 4 is 11.6 Å². The molecule has 1 aromatic carbocycles. The largest absolute Gasteiger partial charge is 0.439 e. The Hall–Kier alpha value is -1.52. The maximum atomic E-state index is 6.08. The smallest absolute Gasteiger partial charge is 0.221 e. The van der Waals surface area contributed by atoms with E-state index < -0.39 is 0 Å². The number of halogens is 1. The SMILES string of the molecule is CCC(N)Cc1c(C)nn(C)c1Oc1ccc(Cl)c(C)c1. The van der Waals surface area contributed by atoms with Crippen LogP contribution in [0.1, 0.15) is 30.2 Å². The maximum absolute atomic E-state index is 6.08. The number of benzene rings is 1. The molecule has 2 rings (SSSR count). The fourth-order valence-electron chi connectivity index (χ4n) is 2.24. The van der Waals surface area contributed by atoms with Gasteiger partial charge < -0.3 is 10.5 Å². The van der Waals surface area contributed by atoms with Gasteiger partial charge in [-0.25, -0.2) is 4.68 Å². The molecule has 0 aliphatic rings. The lowest BCUT2D eigenvalue weighted by Gasteiger charge is -2.12.